The average molecular weight is 324 g/mol. The SMILES string of the molecule is CC(C)c1ccc(C(=O)NCc2ccc3c(c2)OCC(=O)N3)cc1. The van der Waals surface area contributed by atoms with Crippen LogP contribution in [-0.4, -0.2) is 18.4 Å². The summed E-state index contributed by atoms with van der Waals surface area (Å²) in [6, 6.07) is 13.1. The number of amides is 2. The molecule has 0 unspecified atom stereocenters. The van der Waals surface area contributed by atoms with E-state index in [-0.39, 0.29) is 18.4 Å². The van der Waals surface area contributed by atoms with E-state index in [1.165, 1.54) is 5.56 Å². The van der Waals surface area contributed by atoms with Crippen molar-refractivity contribution in [1.29, 1.82) is 0 Å². The average Bonchev–Trinajstić information content (AvgIpc) is 2.59. The first-order valence-corrected chi connectivity index (χ1v) is 7.96. The van der Waals surface area contributed by atoms with E-state index in [2.05, 4.69) is 24.5 Å². The standard InChI is InChI=1S/C19H20N2O3/c1-12(2)14-4-6-15(7-5-14)19(23)20-10-13-3-8-16-17(9-13)24-11-18(22)21-16/h3-9,12H,10-11H2,1-2H3,(H,20,23)(H,21,22). The normalized spacial score (nSPS) is 13.0. The van der Waals surface area contributed by atoms with Gasteiger partial charge in [0.15, 0.2) is 6.61 Å². The number of fused-ring (bicyclic) bond motifs is 1. The van der Waals surface area contributed by atoms with Crippen molar-refractivity contribution in [2.75, 3.05) is 11.9 Å². The van der Waals surface area contributed by atoms with Gasteiger partial charge in [0.25, 0.3) is 11.8 Å². The molecule has 2 N–H and O–H groups in total. The number of hydrogen-bond donors (Lipinski definition) is 2. The first-order valence-electron chi connectivity index (χ1n) is 7.96. The zero-order chi connectivity index (χ0) is 17.1. The van der Waals surface area contributed by atoms with E-state index < -0.39 is 0 Å². The van der Waals surface area contributed by atoms with Gasteiger partial charge >= 0.3 is 0 Å². The Morgan fingerprint density at radius 3 is 2.67 bits per heavy atom. The second kappa shape index (κ2) is 6.74. The van der Waals surface area contributed by atoms with Crippen molar-refractivity contribution in [3.05, 3.63) is 59.2 Å². The molecule has 124 valence electrons. The van der Waals surface area contributed by atoms with Crippen LogP contribution in [0.2, 0.25) is 0 Å². The van der Waals surface area contributed by atoms with Crippen LogP contribution in [0.25, 0.3) is 0 Å². The zero-order valence-corrected chi connectivity index (χ0v) is 13.8. The van der Waals surface area contributed by atoms with Gasteiger partial charge in [-0.05, 0) is 41.3 Å². The summed E-state index contributed by atoms with van der Waals surface area (Å²) < 4.78 is 5.38. The molecular weight excluding hydrogens is 304 g/mol. The van der Waals surface area contributed by atoms with E-state index in [1.54, 1.807) is 6.07 Å². The number of anilines is 1. The van der Waals surface area contributed by atoms with Crippen LogP contribution in [0.15, 0.2) is 42.5 Å². The number of hydrogen-bond acceptors (Lipinski definition) is 3. The second-order valence-electron chi connectivity index (χ2n) is 6.13. The molecule has 0 aromatic heterocycles. The molecule has 0 radical (unpaired) electrons. The number of ether oxygens (including phenoxy) is 1. The molecule has 1 aliphatic heterocycles. The van der Waals surface area contributed by atoms with Crippen LogP contribution in [0.1, 0.15) is 41.3 Å². The lowest BCUT2D eigenvalue weighted by Crippen LogP contribution is -2.26. The van der Waals surface area contributed by atoms with Crippen molar-refractivity contribution in [3.8, 4) is 5.75 Å². The molecule has 3 rings (SSSR count). The molecule has 0 saturated heterocycles. The van der Waals surface area contributed by atoms with Crippen LogP contribution >= 0.6 is 0 Å². The monoisotopic (exact) mass is 324 g/mol. The highest BCUT2D eigenvalue weighted by Crippen LogP contribution is 2.28. The smallest absolute Gasteiger partial charge is 0.262 e. The maximum absolute atomic E-state index is 12.2. The molecule has 1 heterocycles. The van der Waals surface area contributed by atoms with E-state index in [0.29, 0.717) is 29.5 Å². The molecule has 0 spiro atoms. The summed E-state index contributed by atoms with van der Waals surface area (Å²) in [5.74, 6) is 0.798. The Bertz CT molecular complexity index is 767. The summed E-state index contributed by atoms with van der Waals surface area (Å²) >= 11 is 0. The highest BCUT2D eigenvalue weighted by atomic mass is 16.5. The summed E-state index contributed by atoms with van der Waals surface area (Å²) in [6.07, 6.45) is 0. The first-order chi connectivity index (χ1) is 11.5. The van der Waals surface area contributed by atoms with Crippen LogP contribution in [0.3, 0.4) is 0 Å². The molecule has 2 aromatic rings. The Balaban J connectivity index is 1.63. The Hall–Kier alpha value is -2.82. The fourth-order valence-electron chi connectivity index (χ4n) is 2.53. The molecule has 5 nitrogen and oxygen atoms in total. The molecule has 0 fully saturated rings. The number of nitrogens with one attached hydrogen (secondary N) is 2. The predicted molar refractivity (Wildman–Crippen MR) is 92.3 cm³/mol. The number of carbonyl (C=O) groups excluding carboxylic acids is 2. The lowest BCUT2D eigenvalue weighted by molar-refractivity contribution is -0.118. The van der Waals surface area contributed by atoms with Crippen LogP contribution in [0.5, 0.6) is 5.75 Å². The first kappa shape index (κ1) is 16.1. The zero-order valence-electron chi connectivity index (χ0n) is 13.8. The van der Waals surface area contributed by atoms with E-state index in [4.69, 9.17) is 4.74 Å². The van der Waals surface area contributed by atoms with Crippen molar-refractivity contribution in [1.82, 2.24) is 5.32 Å². The summed E-state index contributed by atoms with van der Waals surface area (Å²) in [4.78, 5) is 23.5. The van der Waals surface area contributed by atoms with E-state index in [0.717, 1.165) is 5.56 Å². The van der Waals surface area contributed by atoms with Crippen molar-refractivity contribution in [3.63, 3.8) is 0 Å². The van der Waals surface area contributed by atoms with Crippen molar-refractivity contribution in [2.45, 2.75) is 26.3 Å². The fourth-order valence-corrected chi connectivity index (χ4v) is 2.53. The van der Waals surface area contributed by atoms with Crippen LogP contribution in [0.4, 0.5) is 5.69 Å². The molecule has 0 atom stereocenters. The minimum Gasteiger partial charge on any atom is -0.482 e. The minimum absolute atomic E-state index is 0.0189. The lowest BCUT2D eigenvalue weighted by Gasteiger charge is -2.18. The summed E-state index contributed by atoms with van der Waals surface area (Å²) in [7, 11) is 0. The summed E-state index contributed by atoms with van der Waals surface area (Å²) in [5.41, 5.74) is 3.42. The Labute approximate surface area is 141 Å². The van der Waals surface area contributed by atoms with Crippen molar-refractivity contribution >= 4 is 17.5 Å². The Morgan fingerprint density at radius 2 is 1.96 bits per heavy atom. The number of benzene rings is 2. The second-order valence-corrected chi connectivity index (χ2v) is 6.13. The quantitative estimate of drug-likeness (QED) is 0.908. The highest BCUT2D eigenvalue weighted by Gasteiger charge is 2.16. The van der Waals surface area contributed by atoms with E-state index >= 15 is 0 Å². The molecular formula is C19H20N2O3. The fraction of sp³-hybridized carbons (Fsp3) is 0.263. The van der Waals surface area contributed by atoms with Gasteiger partial charge in [-0.1, -0.05) is 32.0 Å². The van der Waals surface area contributed by atoms with Gasteiger partial charge in [0.05, 0.1) is 5.69 Å². The van der Waals surface area contributed by atoms with Crippen LogP contribution in [-0.2, 0) is 11.3 Å². The largest absolute Gasteiger partial charge is 0.482 e. The maximum Gasteiger partial charge on any atom is 0.262 e. The van der Waals surface area contributed by atoms with Gasteiger partial charge in [0.2, 0.25) is 0 Å². The maximum atomic E-state index is 12.2. The number of carbonyl (C=O) groups is 2. The van der Waals surface area contributed by atoms with Gasteiger partial charge in [0.1, 0.15) is 5.75 Å². The van der Waals surface area contributed by atoms with Crippen LogP contribution in [0, 0.1) is 0 Å². The molecule has 5 heteroatoms. The summed E-state index contributed by atoms with van der Waals surface area (Å²) in [6.45, 7) is 4.66. The molecule has 2 aromatic carbocycles. The van der Waals surface area contributed by atoms with E-state index in [1.807, 2.05) is 36.4 Å². The van der Waals surface area contributed by atoms with Gasteiger partial charge in [-0.3, -0.25) is 9.59 Å². The Kier molecular flexibility index (Phi) is 4.51. The van der Waals surface area contributed by atoms with Gasteiger partial charge < -0.3 is 15.4 Å². The predicted octanol–water partition coefficient (Wildman–Crippen LogP) is 3.07. The number of rotatable bonds is 4. The van der Waals surface area contributed by atoms with Gasteiger partial charge in [-0.25, -0.2) is 0 Å². The molecule has 24 heavy (non-hydrogen) atoms. The third-order valence-electron chi connectivity index (χ3n) is 3.97. The van der Waals surface area contributed by atoms with Crippen molar-refractivity contribution < 1.29 is 14.3 Å². The third kappa shape index (κ3) is 3.56. The van der Waals surface area contributed by atoms with Gasteiger partial charge in [0, 0.05) is 12.1 Å². The Morgan fingerprint density at radius 1 is 1.21 bits per heavy atom. The highest BCUT2D eigenvalue weighted by molar-refractivity contribution is 5.95. The van der Waals surface area contributed by atoms with Gasteiger partial charge in [-0.2, -0.15) is 0 Å². The van der Waals surface area contributed by atoms with Crippen LogP contribution < -0.4 is 15.4 Å². The molecule has 1 aliphatic rings. The molecule has 0 bridgehead atoms. The minimum atomic E-state index is -0.159. The molecule has 0 aliphatic carbocycles. The van der Waals surface area contributed by atoms with Gasteiger partial charge in [-0.15, -0.1) is 0 Å². The van der Waals surface area contributed by atoms with Crippen molar-refractivity contribution in [2.24, 2.45) is 0 Å². The third-order valence-corrected chi connectivity index (χ3v) is 3.97. The molecule has 0 saturated carbocycles. The lowest BCUT2D eigenvalue weighted by atomic mass is 10.0. The summed E-state index contributed by atoms with van der Waals surface area (Å²) in [5, 5.41) is 5.64. The van der Waals surface area contributed by atoms with E-state index in [9.17, 15) is 9.59 Å². The molecule has 2 amide bonds. The topological polar surface area (TPSA) is 67.4 Å².